The van der Waals surface area contributed by atoms with Crippen molar-refractivity contribution in [3.63, 3.8) is 0 Å². The molecule has 0 N–H and O–H groups in total. The SMILES string of the molecule is CCCc1ccc(-c2cc(OC)on2)cc1. The van der Waals surface area contributed by atoms with Gasteiger partial charge < -0.3 is 9.26 Å². The molecule has 0 saturated heterocycles. The summed E-state index contributed by atoms with van der Waals surface area (Å²) in [5.74, 6) is 0.438. The largest absolute Gasteiger partial charge is 0.467 e. The van der Waals surface area contributed by atoms with Gasteiger partial charge in [0.2, 0.25) is 0 Å². The van der Waals surface area contributed by atoms with E-state index in [4.69, 9.17) is 9.26 Å². The molecule has 1 aromatic carbocycles. The van der Waals surface area contributed by atoms with Crippen molar-refractivity contribution in [2.45, 2.75) is 19.8 Å². The monoisotopic (exact) mass is 217 g/mol. The van der Waals surface area contributed by atoms with E-state index in [1.54, 1.807) is 13.2 Å². The van der Waals surface area contributed by atoms with Crippen LogP contribution in [0, 0.1) is 0 Å². The first-order chi connectivity index (χ1) is 7.83. The topological polar surface area (TPSA) is 35.3 Å². The van der Waals surface area contributed by atoms with E-state index in [-0.39, 0.29) is 0 Å². The van der Waals surface area contributed by atoms with Crippen LogP contribution in [0.5, 0.6) is 5.95 Å². The molecule has 0 amide bonds. The molecule has 0 aliphatic carbocycles. The third-order valence-corrected chi connectivity index (χ3v) is 2.48. The van der Waals surface area contributed by atoms with E-state index in [0.29, 0.717) is 5.95 Å². The Balaban J connectivity index is 2.20. The number of benzene rings is 1. The van der Waals surface area contributed by atoms with Gasteiger partial charge in [0.25, 0.3) is 0 Å². The fourth-order valence-corrected chi connectivity index (χ4v) is 1.62. The van der Waals surface area contributed by atoms with Crippen molar-refractivity contribution in [1.82, 2.24) is 5.16 Å². The number of aryl methyl sites for hydroxylation is 1. The van der Waals surface area contributed by atoms with Gasteiger partial charge in [-0.3, -0.25) is 0 Å². The number of hydrogen-bond acceptors (Lipinski definition) is 3. The number of ether oxygens (including phenoxy) is 1. The normalized spacial score (nSPS) is 10.4. The first kappa shape index (κ1) is 10.7. The van der Waals surface area contributed by atoms with Gasteiger partial charge in [-0.2, -0.15) is 0 Å². The lowest BCUT2D eigenvalue weighted by Gasteiger charge is -1.99. The molecule has 0 aliphatic rings. The zero-order valence-corrected chi connectivity index (χ0v) is 9.56. The fourth-order valence-electron chi connectivity index (χ4n) is 1.62. The van der Waals surface area contributed by atoms with Crippen LogP contribution in [0.2, 0.25) is 0 Å². The number of methoxy groups -OCH3 is 1. The second kappa shape index (κ2) is 4.84. The van der Waals surface area contributed by atoms with Crippen molar-refractivity contribution < 1.29 is 9.26 Å². The second-order valence-electron chi connectivity index (χ2n) is 3.68. The average Bonchev–Trinajstić information content (AvgIpc) is 2.79. The first-order valence-electron chi connectivity index (χ1n) is 5.43. The van der Waals surface area contributed by atoms with Crippen LogP contribution < -0.4 is 4.74 Å². The Bertz CT molecular complexity index is 445. The van der Waals surface area contributed by atoms with Crippen LogP contribution >= 0.6 is 0 Å². The van der Waals surface area contributed by atoms with Crippen molar-refractivity contribution in [2.75, 3.05) is 7.11 Å². The molecule has 3 heteroatoms. The Labute approximate surface area is 95.0 Å². The molecule has 0 unspecified atom stereocenters. The van der Waals surface area contributed by atoms with Crippen LogP contribution in [0.1, 0.15) is 18.9 Å². The van der Waals surface area contributed by atoms with E-state index in [9.17, 15) is 0 Å². The first-order valence-corrected chi connectivity index (χ1v) is 5.43. The second-order valence-corrected chi connectivity index (χ2v) is 3.68. The van der Waals surface area contributed by atoms with Crippen LogP contribution in [0.4, 0.5) is 0 Å². The molecule has 3 nitrogen and oxygen atoms in total. The van der Waals surface area contributed by atoms with Crippen molar-refractivity contribution >= 4 is 0 Å². The molecule has 2 rings (SSSR count). The third kappa shape index (κ3) is 2.24. The van der Waals surface area contributed by atoms with Gasteiger partial charge in [0, 0.05) is 5.56 Å². The zero-order valence-electron chi connectivity index (χ0n) is 9.56. The van der Waals surface area contributed by atoms with Gasteiger partial charge in [0.1, 0.15) is 5.69 Å². The molecule has 0 aliphatic heterocycles. The van der Waals surface area contributed by atoms with Gasteiger partial charge in [-0.05, 0) is 12.0 Å². The van der Waals surface area contributed by atoms with Gasteiger partial charge in [0.15, 0.2) is 0 Å². The number of nitrogens with zero attached hydrogens (tertiary/aromatic N) is 1. The lowest BCUT2D eigenvalue weighted by Crippen LogP contribution is -1.83. The van der Waals surface area contributed by atoms with E-state index in [1.807, 2.05) is 0 Å². The summed E-state index contributed by atoms with van der Waals surface area (Å²) in [6.45, 7) is 2.18. The quantitative estimate of drug-likeness (QED) is 0.788. The molecule has 0 bridgehead atoms. The molecule has 0 saturated carbocycles. The van der Waals surface area contributed by atoms with Crippen LogP contribution in [0.25, 0.3) is 11.3 Å². The van der Waals surface area contributed by atoms with Crippen molar-refractivity contribution in [1.29, 1.82) is 0 Å². The standard InChI is InChI=1S/C13H15NO2/c1-3-4-10-5-7-11(8-6-10)12-9-13(15-2)16-14-12/h5-9H,3-4H2,1-2H3. The Hall–Kier alpha value is -1.77. The van der Waals surface area contributed by atoms with E-state index in [2.05, 4.69) is 36.3 Å². The van der Waals surface area contributed by atoms with Gasteiger partial charge >= 0.3 is 5.95 Å². The van der Waals surface area contributed by atoms with Crippen LogP contribution in [-0.4, -0.2) is 12.3 Å². The van der Waals surface area contributed by atoms with E-state index in [1.165, 1.54) is 5.56 Å². The van der Waals surface area contributed by atoms with Gasteiger partial charge in [0.05, 0.1) is 13.2 Å². The van der Waals surface area contributed by atoms with Crippen molar-refractivity contribution in [3.05, 3.63) is 35.9 Å². The Kier molecular flexibility index (Phi) is 3.25. The molecule has 1 aromatic heterocycles. The Morgan fingerprint density at radius 3 is 2.56 bits per heavy atom. The smallest absolute Gasteiger partial charge is 0.311 e. The molecular formula is C13H15NO2. The molecule has 0 spiro atoms. The summed E-state index contributed by atoms with van der Waals surface area (Å²) in [6.07, 6.45) is 2.28. The summed E-state index contributed by atoms with van der Waals surface area (Å²) in [7, 11) is 1.56. The molecule has 16 heavy (non-hydrogen) atoms. The molecule has 1 heterocycles. The van der Waals surface area contributed by atoms with Crippen LogP contribution in [0.3, 0.4) is 0 Å². The summed E-state index contributed by atoms with van der Waals surface area (Å²) < 4.78 is 9.92. The summed E-state index contributed by atoms with van der Waals surface area (Å²) in [5, 5.41) is 3.93. The fraction of sp³-hybridized carbons (Fsp3) is 0.308. The number of rotatable bonds is 4. The molecule has 0 fully saturated rings. The zero-order chi connectivity index (χ0) is 11.4. The summed E-state index contributed by atoms with van der Waals surface area (Å²) in [4.78, 5) is 0. The maximum absolute atomic E-state index is 4.97. The van der Waals surface area contributed by atoms with Gasteiger partial charge in [-0.25, -0.2) is 0 Å². The minimum atomic E-state index is 0.438. The van der Waals surface area contributed by atoms with Crippen LogP contribution in [-0.2, 0) is 6.42 Å². The molecular weight excluding hydrogens is 202 g/mol. The number of hydrogen-bond donors (Lipinski definition) is 0. The van der Waals surface area contributed by atoms with E-state index >= 15 is 0 Å². The van der Waals surface area contributed by atoms with Gasteiger partial charge in [-0.1, -0.05) is 42.8 Å². The van der Waals surface area contributed by atoms with E-state index < -0.39 is 0 Å². The summed E-state index contributed by atoms with van der Waals surface area (Å²) >= 11 is 0. The van der Waals surface area contributed by atoms with Crippen molar-refractivity contribution in [3.8, 4) is 17.2 Å². The number of aromatic nitrogens is 1. The minimum absolute atomic E-state index is 0.438. The highest BCUT2D eigenvalue weighted by atomic mass is 16.6. The Morgan fingerprint density at radius 1 is 1.25 bits per heavy atom. The maximum atomic E-state index is 4.97. The maximum Gasteiger partial charge on any atom is 0.311 e. The van der Waals surface area contributed by atoms with Crippen LogP contribution in [0.15, 0.2) is 34.9 Å². The highest BCUT2D eigenvalue weighted by Gasteiger charge is 2.05. The van der Waals surface area contributed by atoms with Gasteiger partial charge in [-0.15, -0.1) is 0 Å². The molecule has 2 aromatic rings. The molecule has 0 radical (unpaired) electrons. The lowest BCUT2D eigenvalue weighted by molar-refractivity contribution is 0.261. The highest BCUT2D eigenvalue weighted by Crippen LogP contribution is 2.23. The predicted octanol–water partition coefficient (Wildman–Crippen LogP) is 3.30. The average molecular weight is 217 g/mol. The lowest BCUT2D eigenvalue weighted by atomic mass is 10.1. The highest BCUT2D eigenvalue weighted by molar-refractivity contribution is 5.59. The van der Waals surface area contributed by atoms with E-state index in [0.717, 1.165) is 24.1 Å². The molecule has 0 atom stereocenters. The third-order valence-electron chi connectivity index (χ3n) is 2.48. The van der Waals surface area contributed by atoms with Crippen molar-refractivity contribution in [2.24, 2.45) is 0 Å². The summed E-state index contributed by atoms with van der Waals surface area (Å²) in [6, 6.07) is 10.2. The Morgan fingerprint density at radius 2 is 2.00 bits per heavy atom. The summed E-state index contributed by atoms with van der Waals surface area (Å²) in [5.41, 5.74) is 3.20. The minimum Gasteiger partial charge on any atom is -0.467 e. The molecule has 84 valence electrons. The predicted molar refractivity (Wildman–Crippen MR) is 62.5 cm³/mol.